The van der Waals surface area contributed by atoms with Gasteiger partial charge in [-0.2, -0.15) is 11.3 Å². The Morgan fingerprint density at radius 3 is 2.96 bits per heavy atom. The molecule has 3 heterocycles. The van der Waals surface area contributed by atoms with E-state index in [-0.39, 0.29) is 0 Å². The number of imidazole rings is 1. The largest absolute Gasteiger partial charge is 0.464 e. The van der Waals surface area contributed by atoms with Crippen LogP contribution in [0.5, 0.6) is 0 Å². The summed E-state index contributed by atoms with van der Waals surface area (Å²) in [6, 6.07) is 12.1. The molecular formula is C17H13N3O2S. The summed E-state index contributed by atoms with van der Waals surface area (Å²) in [5.41, 5.74) is 5.23. The lowest BCUT2D eigenvalue weighted by Gasteiger charge is -2.05. The second-order valence-corrected chi connectivity index (χ2v) is 5.87. The molecule has 4 rings (SSSR count). The van der Waals surface area contributed by atoms with E-state index in [0.717, 1.165) is 16.8 Å². The molecule has 1 N–H and O–H groups in total. The number of carbonyl (C=O) groups excluding carboxylic acids is 1. The molecule has 0 aliphatic heterocycles. The van der Waals surface area contributed by atoms with E-state index in [9.17, 15) is 4.79 Å². The highest BCUT2D eigenvalue weighted by molar-refractivity contribution is 7.08. The maximum absolute atomic E-state index is 11.6. The minimum atomic E-state index is -0.401. The van der Waals surface area contributed by atoms with Gasteiger partial charge >= 0.3 is 5.97 Å². The van der Waals surface area contributed by atoms with E-state index in [2.05, 4.69) is 38.9 Å². The Balaban J connectivity index is 1.81. The molecule has 0 saturated carbocycles. The van der Waals surface area contributed by atoms with Gasteiger partial charge < -0.3 is 9.72 Å². The molecule has 0 radical (unpaired) electrons. The average molecular weight is 323 g/mol. The number of thiophene rings is 1. The highest BCUT2D eigenvalue weighted by Gasteiger charge is 2.14. The highest BCUT2D eigenvalue weighted by atomic mass is 32.1. The smallest absolute Gasteiger partial charge is 0.354 e. The van der Waals surface area contributed by atoms with Crippen molar-refractivity contribution in [1.82, 2.24) is 14.5 Å². The minimum absolute atomic E-state index is 0.397. The van der Waals surface area contributed by atoms with Crippen molar-refractivity contribution in [2.24, 2.45) is 0 Å². The number of esters is 1. The molecule has 0 atom stereocenters. The number of carbonyl (C=O) groups is 1. The van der Waals surface area contributed by atoms with E-state index in [1.807, 2.05) is 16.7 Å². The van der Waals surface area contributed by atoms with Crippen LogP contribution < -0.4 is 0 Å². The lowest BCUT2D eigenvalue weighted by Crippen LogP contribution is -2.01. The van der Waals surface area contributed by atoms with Crippen molar-refractivity contribution in [3.8, 4) is 16.8 Å². The van der Waals surface area contributed by atoms with Gasteiger partial charge in [0.1, 0.15) is 12.0 Å². The van der Waals surface area contributed by atoms with Crippen LogP contribution in [0.2, 0.25) is 0 Å². The molecule has 23 heavy (non-hydrogen) atoms. The monoisotopic (exact) mass is 323 g/mol. The quantitative estimate of drug-likeness (QED) is 0.582. The van der Waals surface area contributed by atoms with Gasteiger partial charge in [-0.05, 0) is 46.2 Å². The van der Waals surface area contributed by atoms with E-state index in [1.54, 1.807) is 23.7 Å². The van der Waals surface area contributed by atoms with E-state index in [0.29, 0.717) is 11.3 Å². The number of aromatic nitrogens is 3. The number of nitrogens with one attached hydrogen (secondary N) is 1. The number of rotatable bonds is 3. The minimum Gasteiger partial charge on any atom is -0.464 e. The molecule has 0 fully saturated rings. The standard InChI is InChI=1S/C17H13N3O2S/c1-22-17(21)14-8-15-16(19-14)18-10-20(15)13-4-2-3-11(7-13)12-5-6-23-9-12/h2-10,19H,1H3. The van der Waals surface area contributed by atoms with Gasteiger partial charge in [0.2, 0.25) is 0 Å². The zero-order valence-corrected chi connectivity index (χ0v) is 13.1. The van der Waals surface area contributed by atoms with Crippen LogP contribution in [0, 0.1) is 0 Å². The molecular weight excluding hydrogens is 310 g/mol. The van der Waals surface area contributed by atoms with Crippen molar-refractivity contribution in [2.45, 2.75) is 0 Å². The first-order valence-corrected chi connectivity index (χ1v) is 7.98. The Bertz CT molecular complexity index is 983. The van der Waals surface area contributed by atoms with Crippen LogP contribution in [-0.2, 0) is 4.74 Å². The molecule has 3 aromatic heterocycles. The van der Waals surface area contributed by atoms with Gasteiger partial charge in [0.15, 0.2) is 5.65 Å². The number of hydrogen-bond acceptors (Lipinski definition) is 4. The maximum Gasteiger partial charge on any atom is 0.354 e. The summed E-state index contributed by atoms with van der Waals surface area (Å²) in [6.45, 7) is 0. The van der Waals surface area contributed by atoms with Gasteiger partial charge in [0.05, 0.1) is 12.6 Å². The topological polar surface area (TPSA) is 59.9 Å². The predicted molar refractivity (Wildman–Crippen MR) is 90.1 cm³/mol. The fourth-order valence-electron chi connectivity index (χ4n) is 2.58. The molecule has 0 bridgehead atoms. The summed E-state index contributed by atoms with van der Waals surface area (Å²) < 4.78 is 6.70. The number of benzene rings is 1. The first kappa shape index (κ1) is 13.8. The fraction of sp³-hybridized carbons (Fsp3) is 0.0588. The van der Waals surface area contributed by atoms with Crippen LogP contribution in [-0.4, -0.2) is 27.6 Å². The Labute approximate surface area is 136 Å². The van der Waals surface area contributed by atoms with Gasteiger partial charge in [-0.15, -0.1) is 0 Å². The van der Waals surface area contributed by atoms with Crippen LogP contribution in [0.3, 0.4) is 0 Å². The highest BCUT2D eigenvalue weighted by Crippen LogP contribution is 2.26. The van der Waals surface area contributed by atoms with Gasteiger partial charge in [0, 0.05) is 5.69 Å². The zero-order valence-electron chi connectivity index (χ0n) is 12.3. The third-order valence-corrected chi connectivity index (χ3v) is 4.41. The Kier molecular flexibility index (Phi) is 3.24. The Morgan fingerprint density at radius 1 is 1.26 bits per heavy atom. The number of aromatic amines is 1. The molecule has 5 nitrogen and oxygen atoms in total. The Hall–Kier alpha value is -2.86. The lowest BCUT2D eigenvalue weighted by atomic mass is 10.1. The first-order valence-electron chi connectivity index (χ1n) is 7.03. The van der Waals surface area contributed by atoms with Crippen LogP contribution in [0.1, 0.15) is 10.5 Å². The predicted octanol–water partition coefficient (Wildman–Crippen LogP) is 3.87. The van der Waals surface area contributed by atoms with Crippen molar-refractivity contribution in [2.75, 3.05) is 7.11 Å². The number of fused-ring (bicyclic) bond motifs is 1. The number of nitrogens with zero attached hydrogens (tertiary/aromatic N) is 2. The third-order valence-electron chi connectivity index (χ3n) is 3.72. The molecule has 0 unspecified atom stereocenters. The normalized spacial score (nSPS) is 11.0. The summed E-state index contributed by atoms with van der Waals surface area (Å²) in [7, 11) is 1.36. The molecule has 114 valence electrons. The summed E-state index contributed by atoms with van der Waals surface area (Å²) in [6.07, 6.45) is 1.74. The van der Waals surface area contributed by atoms with Crippen LogP contribution in [0.4, 0.5) is 0 Å². The molecule has 6 heteroatoms. The molecule has 0 saturated heterocycles. The zero-order chi connectivity index (χ0) is 15.8. The van der Waals surface area contributed by atoms with Crippen molar-refractivity contribution in [3.63, 3.8) is 0 Å². The van der Waals surface area contributed by atoms with Gasteiger partial charge in [-0.25, -0.2) is 9.78 Å². The van der Waals surface area contributed by atoms with E-state index < -0.39 is 5.97 Å². The summed E-state index contributed by atoms with van der Waals surface area (Å²) >= 11 is 1.67. The van der Waals surface area contributed by atoms with Crippen molar-refractivity contribution >= 4 is 28.5 Å². The van der Waals surface area contributed by atoms with Gasteiger partial charge in [-0.3, -0.25) is 4.57 Å². The molecule has 1 aromatic carbocycles. The molecule has 0 spiro atoms. The molecule has 0 amide bonds. The van der Waals surface area contributed by atoms with E-state index in [4.69, 9.17) is 4.74 Å². The summed E-state index contributed by atoms with van der Waals surface area (Å²) in [5.74, 6) is -0.401. The molecule has 4 aromatic rings. The third kappa shape index (κ3) is 2.33. The molecule has 0 aliphatic carbocycles. The number of hydrogen-bond donors (Lipinski definition) is 1. The van der Waals surface area contributed by atoms with E-state index >= 15 is 0 Å². The second-order valence-electron chi connectivity index (χ2n) is 5.09. The number of H-pyrrole nitrogens is 1. The Morgan fingerprint density at radius 2 is 2.17 bits per heavy atom. The lowest BCUT2D eigenvalue weighted by molar-refractivity contribution is 0.0595. The summed E-state index contributed by atoms with van der Waals surface area (Å²) in [5, 5.41) is 4.18. The van der Waals surface area contributed by atoms with Crippen molar-refractivity contribution < 1.29 is 9.53 Å². The SMILES string of the molecule is COC(=O)c1cc2c(ncn2-c2cccc(-c3ccsc3)c2)[nH]1. The second kappa shape index (κ2) is 5.40. The average Bonchev–Trinajstić information content (AvgIpc) is 3.30. The van der Waals surface area contributed by atoms with Crippen molar-refractivity contribution in [3.05, 3.63) is 59.2 Å². The van der Waals surface area contributed by atoms with Crippen LogP contribution >= 0.6 is 11.3 Å². The van der Waals surface area contributed by atoms with Crippen molar-refractivity contribution in [1.29, 1.82) is 0 Å². The fourth-order valence-corrected chi connectivity index (χ4v) is 3.25. The number of ether oxygens (including phenoxy) is 1. The number of methoxy groups -OCH3 is 1. The summed E-state index contributed by atoms with van der Waals surface area (Å²) in [4.78, 5) is 18.9. The van der Waals surface area contributed by atoms with Crippen LogP contribution in [0.15, 0.2) is 53.5 Å². The van der Waals surface area contributed by atoms with Gasteiger partial charge in [0.25, 0.3) is 0 Å². The first-order chi connectivity index (χ1) is 11.3. The van der Waals surface area contributed by atoms with Gasteiger partial charge in [-0.1, -0.05) is 12.1 Å². The molecule has 0 aliphatic rings. The van der Waals surface area contributed by atoms with E-state index in [1.165, 1.54) is 12.7 Å². The van der Waals surface area contributed by atoms with Crippen LogP contribution in [0.25, 0.3) is 28.0 Å². The maximum atomic E-state index is 11.6.